The van der Waals surface area contributed by atoms with Crippen LogP contribution in [0.5, 0.6) is 5.75 Å². The molecule has 0 spiro atoms. The van der Waals surface area contributed by atoms with E-state index in [4.69, 9.17) is 0 Å². The van der Waals surface area contributed by atoms with Gasteiger partial charge >= 0.3 is 0 Å². The van der Waals surface area contributed by atoms with E-state index in [2.05, 4.69) is 5.32 Å². The number of aromatic nitrogens is 1. The Morgan fingerprint density at radius 1 is 1.36 bits per heavy atom. The molecule has 0 aliphatic rings. The molecule has 8 nitrogen and oxygen atoms in total. The summed E-state index contributed by atoms with van der Waals surface area (Å²) < 4.78 is 23.9. The van der Waals surface area contributed by atoms with Crippen LogP contribution in [0.25, 0.3) is 0 Å². The van der Waals surface area contributed by atoms with Gasteiger partial charge in [0.1, 0.15) is 0 Å². The summed E-state index contributed by atoms with van der Waals surface area (Å²) in [6.07, 6.45) is 0. The molecule has 2 rings (SSSR count). The van der Waals surface area contributed by atoms with Crippen LogP contribution in [0.1, 0.15) is 21.7 Å². The fraction of sp³-hybridized carbons (Fsp3) is 0.250. The number of amides is 1. The summed E-state index contributed by atoms with van der Waals surface area (Å²) in [5.74, 6) is -1.30. The molecule has 0 bridgehead atoms. The molecule has 1 atom stereocenters. The van der Waals surface area contributed by atoms with Crippen molar-refractivity contribution in [1.82, 2.24) is 9.88 Å². The number of hydrogen-bond donors (Lipinski definition) is 3. The minimum atomic E-state index is -2.35. The maximum Gasteiger partial charge on any atom is 0.271 e. The van der Waals surface area contributed by atoms with Crippen molar-refractivity contribution in [1.29, 1.82) is 0 Å². The van der Waals surface area contributed by atoms with Crippen molar-refractivity contribution in [3.63, 3.8) is 0 Å². The highest BCUT2D eigenvalue weighted by atomic mass is 32.2. The first kappa shape index (κ1) is 18.7. The van der Waals surface area contributed by atoms with Crippen LogP contribution in [0, 0.1) is 6.92 Å². The Morgan fingerprint density at radius 2 is 2.04 bits per heavy atom. The van der Waals surface area contributed by atoms with E-state index in [9.17, 15) is 23.5 Å². The van der Waals surface area contributed by atoms with Crippen molar-refractivity contribution >= 4 is 22.9 Å². The number of benzene rings is 1. The minimum absolute atomic E-state index is 0.109. The highest BCUT2D eigenvalue weighted by Gasteiger charge is 2.21. The van der Waals surface area contributed by atoms with Crippen LogP contribution in [0.15, 0.2) is 35.1 Å². The number of nitrogens with zero attached hydrogens (tertiary/aromatic N) is 2. The predicted octanol–water partition coefficient (Wildman–Crippen LogP) is 0.902. The average molecular weight is 365 g/mol. The van der Waals surface area contributed by atoms with Crippen LogP contribution < -0.4 is 15.1 Å². The van der Waals surface area contributed by atoms with Gasteiger partial charge in [0, 0.05) is 25.9 Å². The zero-order chi connectivity index (χ0) is 18.7. The molecule has 2 aromatic rings. The smallest absolute Gasteiger partial charge is 0.271 e. The van der Waals surface area contributed by atoms with Gasteiger partial charge in [-0.15, -0.1) is 0 Å². The maximum atomic E-state index is 12.0. The zero-order valence-corrected chi connectivity index (χ0v) is 14.8. The second-order valence-corrected chi connectivity index (χ2v) is 6.34. The molecule has 3 N–H and O–H groups in total. The Hall–Kier alpha value is -2.65. The number of carbonyl (C=O) groups is 1. The van der Waals surface area contributed by atoms with Gasteiger partial charge in [0.15, 0.2) is 11.4 Å². The molecule has 1 amide bonds. The van der Waals surface area contributed by atoms with Gasteiger partial charge in [0.05, 0.1) is 12.2 Å². The third-order valence-electron chi connectivity index (χ3n) is 3.75. The summed E-state index contributed by atoms with van der Waals surface area (Å²) in [6, 6.07) is 8.13. The van der Waals surface area contributed by atoms with Gasteiger partial charge in [0.25, 0.3) is 17.2 Å². The van der Waals surface area contributed by atoms with Crippen LogP contribution in [-0.4, -0.2) is 31.4 Å². The molecule has 0 saturated carbocycles. The van der Waals surface area contributed by atoms with Gasteiger partial charge in [-0.1, -0.05) is 12.1 Å². The van der Waals surface area contributed by atoms with Gasteiger partial charge in [0.2, 0.25) is 5.43 Å². The first-order chi connectivity index (χ1) is 11.8. The summed E-state index contributed by atoms with van der Waals surface area (Å²) >= 11 is -2.35. The van der Waals surface area contributed by atoms with Crippen molar-refractivity contribution < 1.29 is 18.7 Å². The van der Waals surface area contributed by atoms with Crippen molar-refractivity contribution in [3.8, 4) is 5.75 Å². The fourth-order valence-corrected chi connectivity index (χ4v) is 2.97. The second kappa shape index (κ2) is 7.49. The third-order valence-corrected chi connectivity index (χ3v) is 4.46. The number of aromatic hydroxyl groups is 1. The molecule has 1 aromatic heterocycles. The largest absolute Gasteiger partial charge is 0.503 e. The Morgan fingerprint density at radius 3 is 2.60 bits per heavy atom. The van der Waals surface area contributed by atoms with Crippen molar-refractivity contribution in [3.05, 3.63) is 57.5 Å². The highest BCUT2D eigenvalue weighted by molar-refractivity contribution is 7.80. The van der Waals surface area contributed by atoms with Gasteiger partial charge < -0.3 is 15.0 Å². The van der Waals surface area contributed by atoms with Crippen LogP contribution in [0.2, 0.25) is 0 Å². The van der Waals surface area contributed by atoms with E-state index in [1.54, 1.807) is 18.2 Å². The SMILES string of the molecule is CNC(=O)c1c(O)c(=O)cc(CN(c2cccc(C)c2)S(=O)O)n1C. The topological polar surface area (TPSA) is 112 Å². The molecule has 1 unspecified atom stereocenters. The van der Waals surface area contributed by atoms with E-state index >= 15 is 0 Å². The Labute approximate surface area is 147 Å². The molecule has 0 fully saturated rings. The van der Waals surface area contributed by atoms with Crippen LogP contribution >= 0.6 is 0 Å². The molecule has 9 heteroatoms. The number of hydrogen-bond acceptors (Lipinski definition) is 4. The molecule has 0 radical (unpaired) electrons. The van der Waals surface area contributed by atoms with Crippen LogP contribution in [0.4, 0.5) is 5.69 Å². The van der Waals surface area contributed by atoms with Gasteiger partial charge in [-0.2, -0.15) is 0 Å². The molecule has 0 saturated heterocycles. The van der Waals surface area contributed by atoms with Crippen molar-refractivity contribution in [2.24, 2.45) is 7.05 Å². The summed E-state index contributed by atoms with van der Waals surface area (Å²) in [5, 5.41) is 12.2. The number of rotatable bonds is 5. The van der Waals surface area contributed by atoms with E-state index in [0.29, 0.717) is 11.4 Å². The third kappa shape index (κ3) is 3.89. The molecule has 1 aromatic carbocycles. The van der Waals surface area contributed by atoms with Crippen LogP contribution in [0.3, 0.4) is 0 Å². The van der Waals surface area contributed by atoms with E-state index < -0.39 is 28.4 Å². The molecule has 134 valence electrons. The fourth-order valence-electron chi connectivity index (χ4n) is 2.43. The Bertz CT molecular complexity index is 894. The lowest BCUT2D eigenvalue weighted by atomic mass is 10.2. The van der Waals surface area contributed by atoms with Gasteiger partial charge in [-0.25, -0.2) is 4.21 Å². The van der Waals surface area contributed by atoms with Gasteiger partial charge in [-0.3, -0.25) is 18.4 Å². The summed E-state index contributed by atoms with van der Waals surface area (Å²) in [5.41, 5.74) is 0.740. The molecule has 1 heterocycles. The summed E-state index contributed by atoms with van der Waals surface area (Å²) in [6.45, 7) is 1.74. The average Bonchev–Trinajstić information content (AvgIpc) is 2.56. The summed E-state index contributed by atoms with van der Waals surface area (Å²) in [7, 11) is 2.87. The van der Waals surface area contributed by atoms with E-state index in [0.717, 1.165) is 11.6 Å². The standard InChI is InChI=1S/C16H19N3O5S/c1-10-5-4-6-11(7-10)19(25(23)24)9-12-8-13(20)15(21)14(18(12)3)16(22)17-2/h4-8,21H,9H2,1-3H3,(H,17,22)(H,23,24). The number of pyridine rings is 1. The highest BCUT2D eigenvalue weighted by Crippen LogP contribution is 2.21. The first-order valence-corrected chi connectivity index (χ1v) is 8.41. The number of carbonyl (C=O) groups excluding carboxylic acids is 1. The number of nitrogens with one attached hydrogen (secondary N) is 1. The Kier molecular flexibility index (Phi) is 5.60. The monoisotopic (exact) mass is 365 g/mol. The molecule has 25 heavy (non-hydrogen) atoms. The molecule has 0 aliphatic carbocycles. The summed E-state index contributed by atoms with van der Waals surface area (Å²) in [4.78, 5) is 23.9. The molecular weight excluding hydrogens is 346 g/mol. The van der Waals surface area contributed by atoms with Crippen molar-refractivity contribution in [2.45, 2.75) is 13.5 Å². The lowest BCUT2D eigenvalue weighted by molar-refractivity contribution is 0.0950. The van der Waals surface area contributed by atoms with E-state index in [1.165, 1.54) is 23.0 Å². The quantitative estimate of drug-likeness (QED) is 0.682. The van der Waals surface area contributed by atoms with E-state index in [1.807, 2.05) is 13.0 Å². The number of aryl methyl sites for hydroxylation is 1. The molecule has 0 aliphatic heterocycles. The van der Waals surface area contributed by atoms with Crippen LogP contribution in [-0.2, 0) is 24.9 Å². The predicted molar refractivity (Wildman–Crippen MR) is 94.9 cm³/mol. The van der Waals surface area contributed by atoms with E-state index in [-0.39, 0.29) is 12.2 Å². The lowest BCUT2D eigenvalue weighted by Gasteiger charge is -2.23. The maximum absolute atomic E-state index is 12.0. The normalized spacial score (nSPS) is 11.8. The molecular formula is C16H19N3O5S. The van der Waals surface area contributed by atoms with Crippen molar-refractivity contribution in [2.75, 3.05) is 11.4 Å². The Balaban J connectivity index is 2.54. The number of anilines is 1. The van der Waals surface area contributed by atoms with Gasteiger partial charge in [-0.05, 0) is 24.6 Å². The lowest BCUT2D eigenvalue weighted by Crippen LogP contribution is -2.31. The second-order valence-electron chi connectivity index (χ2n) is 5.44. The minimum Gasteiger partial charge on any atom is -0.503 e. The zero-order valence-electron chi connectivity index (χ0n) is 14.0. The first-order valence-electron chi connectivity index (χ1n) is 7.35.